The monoisotopic (exact) mass is 343 g/mol. The molecule has 1 aromatic carbocycles. The number of amidine groups is 1. The number of ether oxygens (including phenoxy) is 1. The molecule has 3 rings (SSSR count). The summed E-state index contributed by atoms with van der Waals surface area (Å²) < 4.78 is 5.18. The molecular formula is C17H17N3O3S. The molecule has 1 aliphatic heterocycles. The Bertz CT molecular complexity index is 812. The van der Waals surface area contributed by atoms with Crippen LogP contribution < -0.4 is 5.32 Å². The molecule has 0 amide bonds. The van der Waals surface area contributed by atoms with Crippen molar-refractivity contribution in [3.63, 3.8) is 0 Å². The van der Waals surface area contributed by atoms with Crippen LogP contribution in [0.1, 0.15) is 31.1 Å². The van der Waals surface area contributed by atoms with Crippen molar-refractivity contribution in [1.29, 1.82) is 0 Å². The zero-order valence-corrected chi connectivity index (χ0v) is 14.1. The molecule has 0 spiro atoms. The lowest BCUT2D eigenvalue weighted by molar-refractivity contribution is -0.138. The number of esters is 1. The molecule has 7 heteroatoms. The molecule has 0 bridgehead atoms. The third kappa shape index (κ3) is 3.16. The topological polar surface area (TPSA) is 83.8 Å². The van der Waals surface area contributed by atoms with Crippen molar-refractivity contribution in [3.05, 3.63) is 57.7 Å². The largest absolute Gasteiger partial charge is 0.508 e. The summed E-state index contributed by atoms with van der Waals surface area (Å²) in [5.41, 5.74) is 4.25. The first-order valence-corrected chi connectivity index (χ1v) is 8.44. The summed E-state index contributed by atoms with van der Waals surface area (Å²) in [4.78, 5) is 21.3. The molecule has 2 heterocycles. The molecule has 0 unspecified atom stereocenters. The Morgan fingerprint density at radius 3 is 2.96 bits per heavy atom. The average molecular weight is 343 g/mol. The lowest BCUT2D eigenvalue weighted by Gasteiger charge is -2.25. The summed E-state index contributed by atoms with van der Waals surface area (Å²) >= 11 is 1.47. The molecule has 6 nitrogen and oxygen atoms in total. The first-order chi connectivity index (χ1) is 11.6. The smallest absolute Gasteiger partial charge is 0.338 e. The number of carbonyl (C=O) groups is 1. The number of aromatic nitrogens is 1. The summed E-state index contributed by atoms with van der Waals surface area (Å²) in [6.45, 7) is 3.85. The second-order valence-electron chi connectivity index (χ2n) is 5.23. The van der Waals surface area contributed by atoms with Gasteiger partial charge in [0.25, 0.3) is 0 Å². The highest BCUT2D eigenvalue weighted by Crippen LogP contribution is 2.33. The highest BCUT2D eigenvalue weighted by atomic mass is 32.1. The van der Waals surface area contributed by atoms with Crippen LogP contribution in [0.2, 0.25) is 0 Å². The van der Waals surface area contributed by atoms with Gasteiger partial charge in [0.2, 0.25) is 0 Å². The first kappa shape index (κ1) is 16.2. The van der Waals surface area contributed by atoms with Crippen LogP contribution in [0.4, 0.5) is 0 Å². The lowest BCUT2D eigenvalue weighted by atomic mass is 9.95. The minimum Gasteiger partial charge on any atom is -0.508 e. The van der Waals surface area contributed by atoms with E-state index in [1.807, 2.05) is 18.4 Å². The van der Waals surface area contributed by atoms with Gasteiger partial charge in [-0.05, 0) is 31.5 Å². The first-order valence-electron chi connectivity index (χ1n) is 7.50. The Hall–Kier alpha value is -2.67. The van der Waals surface area contributed by atoms with Crippen LogP contribution in [0.15, 0.2) is 51.4 Å². The Balaban J connectivity index is 2.08. The Labute approximate surface area is 143 Å². The summed E-state index contributed by atoms with van der Waals surface area (Å²) in [5, 5.41) is 14.8. The van der Waals surface area contributed by atoms with Crippen LogP contribution in [0.3, 0.4) is 0 Å². The molecule has 2 N–H and O–H groups in total. The van der Waals surface area contributed by atoms with Crippen LogP contribution in [0.25, 0.3) is 0 Å². The normalized spacial score (nSPS) is 17.2. The fraction of sp³-hybridized carbons (Fsp3) is 0.235. The van der Waals surface area contributed by atoms with Gasteiger partial charge in [0.15, 0.2) is 5.84 Å². The highest BCUT2D eigenvalue weighted by Gasteiger charge is 2.31. The van der Waals surface area contributed by atoms with Gasteiger partial charge in [-0.2, -0.15) is 0 Å². The summed E-state index contributed by atoms with van der Waals surface area (Å²) in [7, 11) is 0. The van der Waals surface area contributed by atoms with Gasteiger partial charge in [-0.15, -0.1) is 11.3 Å². The molecular weight excluding hydrogens is 326 g/mol. The highest BCUT2D eigenvalue weighted by molar-refractivity contribution is 7.07. The SMILES string of the molecule is CCOC(=O)C1=C(C)NC(c2cscn2)=N[C@H]1c1cccc(O)c1. The number of benzene rings is 1. The standard InChI is InChI=1S/C17H17N3O3S/c1-3-23-17(22)14-10(2)19-16(13-8-24-9-18-13)20-15(14)11-5-4-6-12(21)7-11/h4-9,15,21H,3H2,1-2H3,(H,19,20)/t15-/m0/s1. The van der Waals surface area contributed by atoms with Crippen molar-refractivity contribution < 1.29 is 14.6 Å². The van der Waals surface area contributed by atoms with Gasteiger partial charge in [-0.25, -0.2) is 9.78 Å². The second-order valence-corrected chi connectivity index (χ2v) is 5.95. The zero-order valence-electron chi connectivity index (χ0n) is 13.3. The number of carbonyl (C=O) groups excluding carboxylic acids is 1. The molecule has 2 aromatic rings. The van der Waals surface area contributed by atoms with Gasteiger partial charge in [-0.3, -0.25) is 4.99 Å². The summed E-state index contributed by atoms with van der Waals surface area (Å²) in [5.74, 6) is 0.296. The number of phenols is 1. The van der Waals surface area contributed by atoms with Crippen LogP contribution in [-0.2, 0) is 9.53 Å². The molecule has 1 atom stereocenters. The van der Waals surface area contributed by atoms with Crippen LogP contribution in [0, 0.1) is 0 Å². The molecule has 0 saturated heterocycles. The van der Waals surface area contributed by atoms with Gasteiger partial charge >= 0.3 is 5.97 Å². The fourth-order valence-corrected chi connectivity index (χ4v) is 3.08. The quantitative estimate of drug-likeness (QED) is 0.834. The number of nitrogens with zero attached hydrogens (tertiary/aromatic N) is 2. The van der Waals surface area contributed by atoms with E-state index >= 15 is 0 Å². The molecule has 0 saturated carbocycles. The van der Waals surface area contributed by atoms with E-state index in [2.05, 4.69) is 15.3 Å². The number of allylic oxidation sites excluding steroid dienone is 1. The summed E-state index contributed by atoms with van der Waals surface area (Å²) in [6, 6.07) is 6.17. The van der Waals surface area contributed by atoms with Crippen molar-refractivity contribution in [2.45, 2.75) is 19.9 Å². The van der Waals surface area contributed by atoms with E-state index in [9.17, 15) is 9.90 Å². The van der Waals surface area contributed by atoms with Crippen molar-refractivity contribution in [2.24, 2.45) is 4.99 Å². The van der Waals surface area contributed by atoms with E-state index in [0.29, 0.717) is 28.4 Å². The lowest BCUT2D eigenvalue weighted by Crippen LogP contribution is -2.33. The van der Waals surface area contributed by atoms with Crippen LogP contribution in [-0.4, -0.2) is 28.5 Å². The van der Waals surface area contributed by atoms with Crippen LogP contribution >= 0.6 is 11.3 Å². The molecule has 1 aromatic heterocycles. The third-order valence-electron chi connectivity index (χ3n) is 3.60. The average Bonchev–Trinajstić information content (AvgIpc) is 3.08. The van der Waals surface area contributed by atoms with Gasteiger partial charge < -0.3 is 15.2 Å². The van der Waals surface area contributed by atoms with E-state index in [1.54, 1.807) is 30.6 Å². The van der Waals surface area contributed by atoms with Gasteiger partial charge in [0, 0.05) is 11.1 Å². The zero-order chi connectivity index (χ0) is 17.1. The van der Waals surface area contributed by atoms with Crippen molar-refractivity contribution in [1.82, 2.24) is 10.3 Å². The predicted molar refractivity (Wildman–Crippen MR) is 92.0 cm³/mol. The number of thiazole rings is 1. The molecule has 0 fully saturated rings. The van der Waals surface area contributed by atoms with E-state index in [-0.39, 0.29) is 12.4 Å². The van der Waals surface area contributed by atoms with Crippen molar-refractivity contribution >= 4 is 23.1 Å². The maximum Gasteiger partial charge on any atom is 0.338 e. The third-order valence-corrected chi connectivity index (χ3v) is 4.18. The Morgan fingerprint density at radius 2 is 2.29 bits per heavy atom. The van der Waals surface area contributed by atoms with Gasteiger partial charge in [-0.1, -0.05) is 12.1 Å². The number of nitrogens with one attached hydrogen (secondary N) is 1. The van der Waals surface area contributed by atoms with E-state index in [0.717, 1.165) is 0 Å². The van der Waals surface area contributed by atoms with E-state index < -0.39 is 12.0 Å². The number of rotatable bonds is 4. The van der Waals surface area contributed by atoms with Crippen LogP contribution in [0.5, 0.6) is 5.75 Å². The maximum absolute atomic E-state index is 12.4. The molecule has 0 radical (unpaired) electrons. The number of aliphatic imine (C=N–C) groups is 1. The van der Waals surface area contributed by atoms with E-state index in [1.165, 1.54) is 11.3 Å². The number of hydrogen-bond donors (Lipinski definition) is 2. The van der Waals surface area contributed by atoms with Gasteiger partial charge in [0.05, 0.1) is 17.7 Å². The Kier molecular flexibility index (Phi) is 4.61. The predicted octanol–water partition coefficient (Wildman–Crippen LogP) is 2.78. The molecule has 0 aliphatic carbocycles. The Morgan fingerprint density at radius 1 is 1.46 bits per heavy atom. The number of aromatic hydroxyl groups is 1. The fourth-order valence-electron chi connectivity index (χ4n) is 2.55. The molecule has 124 valence electrons. The summed E-state index contributed by atoms with van der Waals surface area (Å²) in [6.07, 6.45) is 0. The van der Waals surface area contributed by atoms with Gasteiger partial charge in [0.1, 0.15) is 17.5 Å². The molecule has 24 heavy (non-hydrogen) atoms. The second kappa shape index (κ2) is 6.84. The minimum atomic E-state index is -0.561. The van der Waals surface area contributed by atoms with Crippen molar-refractivity contribution in [3.8, 4) is 5.75 Å². The minimum absolute atomic E-state index is 0.123. The van der Waals surface area contributed by atoms with Crippen molar-refractivity contribution in [2.75, 3.05) is 6.61 Å². The maximum atomic E-state index is 12.4. The van der Waals surface area contributed by atoms with E-state index in [4.69, 9.17) is 4.74 Å². The number of hydrogen-bond acceptors (Lipinski definition) is 7. The molecule has 1 aliphatic rings. The number of phenolic OH excluding ortho intramolecular Hbond substituents is 1.